The van der Waals surface area contributed by atoms with Crippen LogP contribution in [0.25, 0.3) is 0 Å². The van der Waals surface area contributed by atoms with Crippen molar-refractivity contribution in [1.29, 1.82) is 0 Å². The molecule has 1 aromatic carbocycles. The molecule has 82 valence electrons. The van der Waals surface area contributed by atoms with Crippen LogP contribution in [-0.4, -0.2) is 10.9 Å². The number of aldehydes is 1. The molecule has 2 rings (SSSR count). The molecule has 1 aromatic heterocycles. The first-order valence-corrected chi connectivity index (χ1v) is 5.53. The number of carbonyl (C=O) groups is 1. The van der Waals surface area contributed by atoms with Gasteiger partial charge in [0.05, 0.1) is 0 Å². The second-order valence-electron chi connectivity index (χ2n) is 3.47. The SMILES string of the molecule is O=Cc1ccn(Cc2ccc(Br)cc2F)c1. The first kappa shape index (κ1) is 11.1. The van der Waals surface area contributed by atoms with Gasteiger partial charge in [-0.25, -0.2) is 4.39 Å². The summed E-state index contributed by atoms with van der Waals surface area (Å²) < 4.78 is 16.0. The predicted octanol–water partition coefficient (Wildman–Crippen LogP) is 3.25. The molecule has 0 N–H and O–H groups in total. The minimum absolute atomic E-state index is 0.254. The number of carbonyl (C=O) groups excluding carboxylic acids is 1. The summed E-state index contributed by atoms with van der Waals surface area (Å²) in [6.07, 6.45) is 4.22. The molecule has 0 saturated carbocycles. The van der Waals surface area contributed by atoms with E-state index in [-0.39, 0.29) is 5.82 Å². The second-order valence-corrected chi connectivity index (χ2v) is 4.39. The zero-order valence-electron chi connectivity index (χ0n) is 8.36. The topological polar surface area (TPSA) is 22.0 Å². The van der Waals surface area contributed by atoms with E-state index in [0.717, 1.165) is 10.8 Å². The Balaban J connectivity index is 2.23. The summed E-state index contributed by atoms with van der Waals surface area (Å²) in [5, 5.41) is 0. The fraction of sp³-hybridized carbons (Fsp3) is 0.0833. The Kier molecular flexibility index (Phi) is 3.19. The third kappa shape index (κ3) is 2.39. The molecule has 2 nitrogen and oxygen atoms in total. The standard InChI is InChI=1S/C12H9BrFNO/c13-11-2-1-10(12(14)5-11)7-15-4-3-9(6-15)8-16/h1-6,8H,7H2. The number of nitrogens with zero attached hydrogens (tertiary/aromatic N) is 1. The van der Waals surface area contributed by atoms with Crippen LogP contribution in [0.15, 0.2) is 41.1 Å². The van der Waals surface area contributed by atoms with Crippen LogP contribution < -0.4 is 0 Å². The van der Waals surface area contributed by atoms with E-state index in [9.17, 15) is 9.18 Å². The molecule has 16 heavy (non-hydrogen) atoms. The first-order valence-electron chi connectivity index (χ1n) is 4.74. The summed E-state index contributed by atoms with van der Waals surface area (Å²) in [4.78, 5) is 10.5. The van der Waals surface area contributed by atoms with E-state index in [1.54, 1.807) is 35.2 Å². The lowest BCUT2D eigenvalue weighted by Gasteiger charge is -2.04. The highest BCUT2D eigenvalue weighted by molar-refractivity contribution is 9.10. The minimum Gasteiger partial charge on any atom is -0.349 e. The quantitative estimate of drug-likeness (QED) is 0.792. The maximum absolute atomic E-state index is 13.5. The van der Waals surface area contributed by atoms with Crippen LogP contribution in [0, 0.1) is 5.82 Å². The molecule has 0 fully saturated rings. The van der Waals surface area contributed by atoms with Crippen molar-refractivity contribution in [3.05, 3.63) is 58.1 Å². The van der Waals surface area contributed by atoms with Gasteiger partial charge in [0, 0.05) is 34.5 Å². The molecule has 0 spiro atoms. The maximum atomic E-state index is 13.5. The molecule has 1 heterocycles. The van der Waals surface area contributed by atoms with E-state index in [0.29, 0.717) is 17.7 Å². The highest BCUT2D eigenvalue weighted by atomic mass is 79.9. The van der Waals surface area contributed by atoms with Gasteiger partial charge in [0.1, 0.15) is 5.82 Å². The fourth-order valence-electron chi connectivity index (χ4n) is 1.47. The van der Waals surface area contributed by atoms with Crippen LogP contribution in [0.4, 0.5) is 4.39 Å². The van der Waals surface area contributed by atoms with Crippen LogP contribution in [0.1, 0.15) is 15.9 Å². The van der Waals surface area contributed by atoms with Gasteiger partial charge in [0.15, 0.2) is 6.29 Å². The lowest BCUT2D eigenvalue weighted by atomic mass is 10.2. The number of hydrogen-bond acceptors (Lipinski definition) is 1. The summed E-state index contributed by atoms with van der Waals surface area (Å²) in [6, 6.07) is 6.64. The number of aromatic nitrogens is 1. The van der Waals surface area contributed by atoms with E-state index in [2.05, 4.69) is 15.9 Å². The van der Waals surface area contributed by atoms with E-state index in [1.165, 1.54) is 6.07 Å². The minimum atomic E-state index is -0.254. The average molecular weight is 282 g/mol. The number of hydrogen-bond donors (Lipinski definition) is 0. The van der Waals surface area contributed by atoms with E-state index >= 15 is 0 Å². The highest BCUT2D eigenvalue weighted by Gasteiger charge is 2.03. The van der Waals surface area contributed by atoms with Gasteiger partial charge in [0.2, 0.25) is 0 Å². The van der Waals surface area contributed by atoms with Crippen LogP contribution in [-0.2, 0) is 6.54 Å². The lowest BCUT2D eigenvalue weighted by molar-refractivity contribution is 0.112. The largest absolute Gasteiger partial charge is 0.349 e. The highest BCUT2D eigenvalue weighted by Crippen LogP contribution is 2.16. The zero-order valence-corrected chi connectivity index (χ0v) is 9.95. The Morgan fingerprint density at radius 1 is 1.38 bits per heavy atom. The average Bonchev–Trinajstić information content (AvgIpc) is 2.70. The number of halogens is 2. The van der Waals surface area contributed by atoms with Gasteiger partial charge in [-0.2, -0.15) is 0 Å². The summed E-state index contributed by atoms with van der Waals surface area (Å²) in [5.41, 5.74) is 1.19. The molecular weight excluding hydrogens is 273 g/mol. The summed E-state index contributed by atoms with van der Waals surface area (Å²) >= 11 is 3.20. The van der Waals surface area contributed by atoms with Crippen LogP contribution in [0.2, 0.25) is 0 Å². The molecule has 0 unspecified atom stereocenters. The molecule has 0 atom stereocenters. The van der Waals surface area contributed by atoms with E-state index < -0.39 is 0 Å². The maximum Gasteiger partial charge on any atom is 0.151 e. The Morgan fingerprint density at radius 3 is 2.81 bits per heavy atom. The van der Waals surface area contributed by atoms with Crippen molar-refractivity contribution >= 4 is 22.2 Å². The molecule has 0 bridgehead atoms. The fourth-order valence-corrected chi connectivity index (χ4v) is 1.81. The molecule has 0 amide bonds. The van der Waals surface area contributed by atoms with Gasteiger partial charge in [-0.3, -0.25) is 4.79 Å². The molecular formula is C12H9BrFNO. The molecule has 4 heteroatoms. The van der Waals surface area contributed by atoms with Gasteiger partial charge < -0.3 is 4.57 Å². The molecule has 0 aliphatic rings. The predicted molar refractivity (Wildman–Crippen MR) is 63.0 cm³/mol. The summed E-state index contributed by atoms with van der Waals surface area (Å²) in [6.45, 7) is 0.424. The van der Waals surface area contributed by atoms with Crippen LogP contribution in [0.3, 0.4) is 0 Å². The first-order chi connectivity index (χ1) is 7.69. The number of benzene rings is 1. The van der Waals surface area contributed by atoms with Crippen molar-refractivity contribution in [2.75, 3.05) is 0 Å². The molecule has 0 aliphatic heterocycles. The van der Waals surface area contributed by atoms with Crippen molar-refractivity contribution in [3.63, 3.8) is 0 Å². The smallest absolute Gasteiger partial charge is 0.151 e. The molecule has 0 radical (unpaired) electrons. The van der Waals surface area contributed by atoms with Crippen molar-refractivity contribution in [3.8, 4) is 0 Å². The van der Waals surface area contributed by atoms with Crippen molar-refractivity contribution in [1.82, 2.24) is 4.57 Å². The van der Waals surface area contributed by atoms with Crippen molar-refractivity contribution < 1.29 is 9.18 Å². The summed E-state index contributed by atoms with van der Waals surface area (Å²) in [5.74, 6) is -0.254. The van der Waals surface area contributed by atoms with Gasteiger partial charge in [-0.15, -0.1) is 0 Å². The third-order valence-corrected chi connectivity index (χ3v) is 2.77. The monoisotopic (exact) mass is 281 g/mol. The van der Waals surface area contributed by atoms with Crippen molar-refractivity contribution in [2.45, 2.75) is 6.54 Å². The summed E-state index contributed by atoms with van der Waals surface area (Å²) in [7, 11) is 0. The number of rotatable bonds is 3. The van der Waals surface area contributed by atoms with Gasteiger partial charge in [-0.05, 0) is 18.2 Å². The van der Waals surface area contributed by atoms with E-state index in [4.69, 9.17) is 0 Å². The van der Waals surface area contributed by atoms with Gasteiger partial charge >= 0.3 is 0 Å². The Hall–Kier alpha value is -1.42. The van der Waals surface area contributed by atoms with E-state index in [1.807, 2.05) is 0 Å². The van der Waals surface area contributed by atoms with Crippen molar-refractivity contribution in [2.24, 2.45) is 0 Å². The second kappa shape index (κ2) is 4.61. The third-order valence-electron chi connectivity index (χ3n) is 2.28. The molecule has 2 aromatic rings. The Labute approximate surface area is 101 Å². The van der Waals surface area contributed by atoms with Gasteiger partial charge in [0.25, 0.3) is 0 Å². The zero-order chi connectivity index (χ0) is 11.5. The Bertz CT molecular complexity index is 521. The van der Waals surface area contributed by atoms with Crippen LogP contribution in [0.5, 0.6) is 0 Å². The Morgan fingerprint density at radius 2 is 2.19 bits per heavy atom. The van der Waals surface area contributed by atoms with Gasteiger partial charge in [-0.1, -0.05) is 22.0 Å². The normalized spacial score (nSPS) is 10.4. The lowest BCUT2D eigenvalue weighted by Crippen LogP contribution is -1.99. The molecule has 0 aliphatic carbocycles. The molecule has 0 saturated heterocycles. The van der Waals surface area contributed by atoms with Crippen LogP contribution >= 0.6 is 15.9 Å².